The summed E-state index contributed by atoms with van der Waals surface area (Å²) in [7, 11) is -3.59. The van der Waals surface area contributed by atoms with E-state index in [1.807, 2.05) is 0 Å². The van der Waals surface area contributed by atoms with Gasteiger partial charge in [-0.3, -0.25) is 5.32 Å². The summed E-state index contributed by atoms with van der Waals surface area (Å²) < 4.78 is 42.9. The number of hydrogen-bond acceptors (Lipinski definition) is 5. The third-order valence-corrected chi connectivity index (χ3v) is 8.93. The molecule has 6 nitrogen and oxygen atoms in total. The van der Waals surface area contributed by atoms with E-state index < -0.39 is 20.4 Å². The number of aromatic nitrogens is 1. The lowest BCUT2D eigenvalue weighted by atomic mass is 9.91. The highest BCUT2D eigenvalue weighted by molar-refractivity contribution is 7.93. The lowest BCUT2D eigenvalue weighted by Crippen LogP contribution is -2.45. The Bertz CT molecular complexity index is 935. The Labute approximate surface area is 161 Å². The molecule has 1 aromatic heterocycles. The Balaban J connectivity index is 1.44. The summed E-state index contributed by atoms with van der Waals surface area (Å²) in [6.07, 6.45) is 4.09. The van der Waals surface area contributed by atoms with E-state index in [1.165, 1.54) is 29.7 Å². The zero-order valence-corrected chi connectivity index (χ0v) is 16.2. The van der Waals surface area contributed by atoms with Gasteiger partial charge in [0.25, 0.3) is 0 Å². The molecule has 1 aliphatic heterocycles. The lowest BCUT2D eigenvalue weighted by Gasteiger charge is -2.36. The first kappa shape index (κ1) is 18.4. The third-order valence-electron chi connectivity index (χ3n) is 5.58. The van der Waals surface area contributed by atoms with Crippen molar-refractivity contribution in [2.45, 2.75) is 35.3 Å². The van der Waals surface area contributed by atoms with Crippen LogP contribution in [0.2, 0.25) is 0 Å². The van der Waals surface area contributed by atoms with Gasteiger partial charge in [-0.15, -0.1) is 0 Å². The van der Waals surface area contributed by atoms with Gasteiger partial charge in [0.05, 0.1) is 9.64 Å². The maximum atomic E-state index is 13.5. The predicted molar refractivity (Wildman–Crippen MR) is 101 cm³/mol. The van der Waals surface area contributed by atoms with Gasteiger partial charge in [0.15, 0.2) is 9.84 Å². The maximum absolute atomic E-state index is 13.5. The van der Waals surface area contributed by atoms with Crippen molar-refractivity contribution in [3.8, 4) is 0 Å². The smallest absolute Gasteiger partial charge is 0.322 e. The number of likely N-dealkylation sites (tertiary alicyclic amines) is 1. The molecule has 0 radical (unpaired) electrons. The topological polar surface area (TPSA) is 79.4 Å². The number of hydrogen-bond donors (Lipinski definition) is 1. The average molecular weight is 410 g/mol. The van der Waals surface area contributed by atoms with Gasteiger partial charge in [-0.1, -0.05) is 6.07 Å². The van der Waals surface area contributed by atoms with Crippen molar-refractivity contribution in [2.24, 2.45) is 5.92 Å². The van der Waals surface area contributed by atoms with Crippen molar-refractivity contribution in [2.75, 3.05) is 18.4 Å². The zero-order valence-electron chi connectivity index (χ0n) is 14.6. The number of benzene rings is 1. The molecule has 1 saturated carbocycles. The Morgan fingerprint density at radius 1 is 1.26 bits per heavy atom. The molecule has 0 bridgehead atoms. The Hall–Kier alpha value is -2.00. The van der Waals surface area contributed by atoms with Crippen LogP contribution in [-0.4, -0.2) is 41.6 Å². The van der Waals surface area contributed by atoms with Crippen LogP contribution in [0.25, 0.3) is 0 Å². The van der Waals surface area contributed by atoms with Crippen LogP contribution in [0.15, 0.2) is 41.4 Å². The molecular formula is C18H20FN3O3S2. The molecule has 2 fully saturated rings. The van der Waals surface area contributed by atoms with Crippen LogP contribution < -0.4 is 5.32 Å². The quantitative estimate of drug-likeness (QED) is 0.838. The van der Waals surface area contributed by atoms with Gasteiger partial charge in [-0.25, -0.2) is 17.6 Å². The number of carbonyl (C=O) groups is 1. The summed E-state index contributed by atoms with van der Waals surface area (Å²) in [5, 5.41) is 3.50. The van der Waals surface area contributed by atoms with Crippen LogP contribution in [0, 0.1) is 11.7 Å². The van der Waals surface area contributed by atoms with E-state index in [2.05, 4.69) is 9.69 Å². The second kappa shape index (κ2) is 6.87. The molecular weight excluding hydrogens is 389 g/mol. The number of sulfone groups is 1. The van der Waals surface area contributed by atoms with Gasteiger partial charge in [0.2, 0.25) is 0 Å². The molecule has 144 valence electrons. The molecule has 2 aliphatic rings. The minimum absolute atomic E-state index is 0.0155. The van der Waals surface area contributed by atoms with Crippen molar-refractivity contribution in [1.29, 1.82) is 0 Å². The number of nitrogens with zero attached hydrogens (tertiary/aromatic N) is 2. The SMILES string of the molecule is O=C(Nc1ccns1)N1CCC(C2(S(=O)(=O)c3cccc(F)c3)CC2)CC1. The number of amides is 2. The first-order chi connectivity index (χ1) is 12.9. The molecule has 9 heteroatoms. The molecule has 1 saturated heterocycles. The van der Waals surface area contributed by atoms with E-state index in [0.29, 0.717) is 43.8 Å². The molecule has 1 N–H and O–H groups in total. The van der Waals surface area contributed by atoms with Crippen LogP contribution >= 0.6 is 11.5 Å². The molecule has 1 aromatic carbocycles. The standard InChI is InChI=1S/C18H20FN3O3S2/c19-14-2-1-3-15(12-14)27(24,25)18(7-8-18)13-5-10-22(11-6-13)17(23)21-16-4-9-20-26-16/h1-4,9,12-13H,5-8,10-11H2,(H,21,23). The van der Waals surface area contributed by atoms with Gasteiger partial charge in [-0.05, 0) is 67.4 Å². The minimum atomic E-state index is -3.59. The minimum Gasteiger partial charge on any atom is -0.324 e. The van der Waals surface area contributed by atoms with Crippen molar-refractivity contribution < 1.29 is 17.6 Å². The molecule has 0 spiro atoms. The van der Waals surface area contributed by atoms with E-state index in [4.69, 9.17) is 0 Å². The van der Waals surface area contributed by atoms with Gasteiger partial charge < -0.3 is 4.90 Å². The van der Waals surface area contributed by atoms with E-state index in [-0.39, 0.29) is 16.8 Å². The number of rotatable bonds is 4. The van der Waals surface area contributed by atoms with E-state index in [0.717, 1.165) is 6.07 Å². The van der Waals surface area contributed by atoms with Gasteiger partial charge in [0.1, 0.15) is 10.8 Å². The van der Waals surface area contributed by atoms with Gasteiger partial charge in [-0.2, -0.15) is 4.37 Å². The Kier molecular flexibility index (Phi) is 4.67. The fourth-order valence-corrected chi connectivity index (χ4v) is 6.76. The van der Waals surface area contributed by atoms with Gasteiger partial charge >= 0.3 is 6.03 Å². The zero-order chi connectivity index (χ0) is 19.1. The number of carbonyl (C=O) groups excluding carboxylic acids is 1. The number of piperidine rings is 1. The summed E-state index contributed by atoms with van der Waals surface area (Å²) in [5.74, 6) is -0.556. The van der Waals surface area contributed by atoms with E-state index in [9.17, 15) is 17.6 Å². The van der Waals surface area contributed by atoms with Crippen molar-refractivity contribution in [1.82, 2.24) is 9.27 Å². The summed E-state index contributed by atoms with van der Waals surface area (Å²) in [6.45, 7) is 1.02. The van der Waals surface area contributed by atoms with E-state index in [1.54, 1.807) is 17.2 Å². The largest absolute Gasteiger partial charge is 0.324 e. The molecule has 4 rings (SSSR count). The van der Waals surface area contributed by atoms with Gasteiger partial charge in [0, 0.05) is 19.3 Å². The first-order valence-electron chi connectivity index (χ1n) is 8.89. The monoisotopic (exact) mass is 409 g/mol. The molecule has 2 aromatic rings. The summed E-state index contributed by atoms with van der Waals surface area (Å²) in [4.78, 5) is 14.1. The molecule has 2 amide bonds. The fraction of sp³-hybridized carbons (Fsp3) is 0.444. The molecule has 0 unspecified atom stereocenters. The van der Waals surface area contributed by atoms with Crippen molar-refractivity contribution >= 4 is 32.4 Å². The second-order valence-corrected chi connectivity index (χ2v) is 10.2. The average Bonchev–Trinajstić information content (AvgIpc) is 3.34. The molecule has 1 aliphatic carbocycles. The highest BCUT2D eigenvalue weighted by Gasteiger charge is 2.60. The van der Waals surface area contributed by atoms with Crippen LogP contribution in [-0.2, 0) is 9.84 Å². The Morgan fingerprint density at radius 2 is 2.00 bits per heavy atom. The Morgan fingerprint density at radius 3 is 2.59 bits per heavy atom. The number of nitrogens with one attached hydrogen (secondary N) is 1. The summed E-state index contributed by atoms with van der Waals surface area (Å²) >= 11 is 1.21. The maximum Gasteiger partial charge on any atom is 0.322 e. The third kappa shape index (κ3) is 3.34. The van der Waals surface area contributed by atoms with Crippen molar-refractivity contribution in [3.05, 3.63) is 42.3 Å². The predicted octanol–water partition coefficient (Wildman–Crippen LogP) is 3.53. The molecule has 27 heavy (non-hydrogen) atoms. The molecule has 2 heterocycles. The van der Waals surface area contributed by atoms with Crippen LogP contribution in [0.3, 0.4) is 0 Å². The number of urea groups is 1. The van der Waals surface area contributed by atoms with Crippen molar-refractivity contribution in [3.63, 3.8) is 0 Å². The summed E-state index contributed by atoms with van der Waals surface area (Å²) in [5.41, 5.74) is 0. The van der Waals surface area contributed by atoms with Crippen LogP contribution in [0.1, 0.15) is 25.7 Å². The first-order valence-corrected chi connectivity index (χ1v) is 11.1. The van der Waals surface area contributed by atoms with Crippen LogP contribution in [0.5, 0.6) is 0 Å². The fourth-order valence-electron chi connectivity index (χ4n) is 3.96. The molecule has 0 atom stereocenters. The summed E-state index contributed by atoms with van der Waals surface area (Å²) in [6, 6.07) is 6.81. The van der Waals surface area contributed by atoms with Crippen LogP contribution in [0.4, 0.5) is 14.2 Å². The normalized spacial score (nSPS) is 19.7. The second-order valence-electron chi connectivity index (χ2n) is 7.09. The number of halogens is 1. The number of anilines is 1. The van der Waals surface area contributed by atoms with E-state index >= 15 is 0 Å². The lowest BCUT2D eigenvalue weighted by molar-refractivity contribution is 0.179. The highest BCUT2D eigenvalue weighted by atomic mass is 32.2. The highest BCUT2D eigenvalue weighted by Crippen LogP contribution is 2.55.